The lowest BCUT2D eigenvalue weighted by Crippen LogP contribution is -2.49. The summed E-state index contributed by atoms with van der Waals surface area (Å²) in [6.07, 6.45) is 1.77. The smallest absolute Gasteiger partial charge is 0.254 e. The van der Waals surface area contributed by atoms with E-state index in [1.807, 2.05) is 42.5 Å². The number of carbonyl (C=O) groups is 1. The lowest BCUT2D eigenvalue weighted by Gasteiger charge is -2.35. The van der Waals surface area contributed by atoms with E-state index in [1.54, 1.807) is 11.1 Å². The van der Waals surface area contributed by atoms with E-state index in [2.05, 4.69) is 14.9 Å². The summed E-state index contributed by atoms with van der Waals surface area (Å²) in [4.78, 5) is 35.9. The number of carbonyl (C=O) groups excluding carboxylic acids is 1. The third-order valence-electron chi connectivity index (χ3n) is 4.52. The van der Waals surface area contributed by atoms with E-state index in [0.29, 0.717) is 24.2 Å². The van der Waals surface area contributed by atoms with Crippen LogP contribution in [0.1, 0.15) is 10.4 Å². The van der Waals surface area contributed by atoms with Crippen LogP contribution in [0.5, 0.6) is 0 Å². The average molecular weight is 334 g/mol. The van der Waals surface area contributed by atoms with Gasteiger partial charge >= 0.3 is 0 Å². The van der Waals surface area contributed by atoms with Crippen molar-refractivity contribution in [2.45, 2.75) is 0 Å². The normalized spacial score (nSPS) is 14.7. The number of H-pyrrole nitrogens is 1. The number of pyridine rings is 2. The predicted molar refractivity (Wildman–Crippen MR) is 96.9 cm³/mol. The highest BCUT2D eigenvalue weighted by molar-refractivity contribution is 6.06. The molecule has 1 N–H and O–H groups in total. The van der Waals surface area contributed by atoms with Gasteiger partial charge in [-0.1, -0.05) is 24.3 Å². The van der Waals surface area contributed by atoms with Gasteiger partial charge in [-0.05, 0) is 18.2 Å². The maximum Gasteiger partial charge on any atom is 0.254 e. The van der Waals surface area contributed by atoms with Crippen molar-refractivity contribution in [3.8, 4) is 0 Å². The molecule has 1 aromatic carbocycles. The number of amides is 1. The number of fused-ring (bicyclic) bond motifs is 1. The quantitative estimate of drug-likeness (QED) is 0.777. The zero-order chi connectivity index (χ0) is 17.2. The fraction of sp³-hybridized carbons (Fsp3) is 0.211. The molecule has 0 unspecified atom stereocenters. The molecule has 0 bridgehead atoms. The van der Waals surface area contributed by atoms with E-state index in [0.717, 1.165) is 24.3 Å². The number of rotatable bonds is 2. The first kappa shape index (κ1) is 15.4. The average Bonchev–Trinajstić information content (AvgIpc) is 2.67. The minimum Gasteiger partial charge on any atom is -0.353 e. The molecule has 6 nitrogen and oxygen atoms in total. The molecule has 126 valence electrons. The molecule has 1 saturated heterocycles. The summed E-state index contributed by atoms with van der Waals surface area (Å²) < 4.78 is 0. The number of piperazine rings is 1. The number of hydrogen-bond acceptors (Lipinski definition) is 4. The Balaban J connectivity index is 1.56. The summed E-state index contributed by atoms with van der Waals surface area (Å²) in [5.74, 6) is 0.833. The summed E-state index contributed by atoms with van der Waals surface area (Å²) in [5.41, 5.74) is 0.894. The molecule has 1 aliphatic rings. The van der Waals surface area contributed by atoms with Crippen LogP contribution in [-0.4, -0.2) is 47.0 Å². The SMILES string of the molecule is O=C(c1cc(=O)[nH]c2ccccc12)N1CCN(c2ccccn2)CC1. The largest absolute Gasteiger partial charge is 0.353 e. The molecule has 1 aliphatic heterocycles. The summed E-state index contributed by atoms with van der Waals surface area (Å²) >= 11 is 0. The first-order chi connectivity index (χ1) is 12.2. The van der Waals surface area contributed by atoms with Gasteiger partial charge in [0, 0.05) is 49.3 Å². The van der Waals surface area contributed by atoms with E-state index in [4.69, 9.17) is 0 Å². The number of benzene rings is 1. The number of hydrogen-bond donors (Lipinski definition) is 1. The van der Waals surface area contributed by atoms with Crippen molar-refractivity contribution in [1.29, 1.82) is 0 Å². The molecule has 2 aromatic heterocycles. The van der Waals surface area contributed by atoms with Crippen LogP contribution in [0.2, 0.25) is 0 Å². The highest BCUT2D eigenvalue weighted by Gasteiger charge is 2.24. The van der Waals surface area contributed by atoms with Crippen molar-refractivity contribution < 1.29 is 4.79 Å². The van der Waals surface area contributed by atoms with Crippen LogP contribution in [-0.2, 0) is 0 Å². The van der Waals surface area contributed by atoms with Gasteiger partial charge in [0.15, 0.2) is 0 Å². The van der Waals surface area contributed by atoms with Gasteiger partial charge in [0.1, 0.15) is 5.82 Å². The Morgan fingerprint density at radius 3 is 2.52 bits per heavy atom. The van der Waals surface area contributed by atoms with Gasteiger partial charge in [-0.15, -0.1) is 0 Å². The Morgan fingerprint density at radius 1 is 1.00 bits per heavy atom. The third-order valence-corrected chi connectivity index (χ3v) is 4.52. The van der Waals surface area contributed by atoms with Crippen molar-refractivity contribution in [2.75, 3.05) is 31.1 Å². The Morgan fingerprint density at radius 2 is 1.76 bits per heavy atom. The lowest BCUT2D eigenvalue weighted by molar-refractivity contribution is 0.0748. The van der Waals surface area contributed by atoms with Crippen LogP contribution >= 0.6 is 0 Å². The molecule has 0 aliphatic carbocycles. The monoisotopic (exact) mass is 334 g/mol. The Hall–Kier alpha value is -3.15. The molecule has 0 saturated carbocycles. The molecule has 0 radical (unpaired) electrons. The van der Waals surface area contributed by atoms with Crippen LogP contribution in [0.4, 0.5) is 5.82 Å². The van der Waals surface area contributed by atoms with Crippen LogP contribution in [0.15, 0.2) is 59.5 Å². The molecule has 25 heavy (non-hydrogen) atoms. The molecule has 0 atom stereocenters. The van der Waals surface area contributed by atoms with Gasteiger partial charge in [0.25, 0.3) is 5.91 Å². The van der Waals surface area contributed by atoms with Gasteiger partial charge in [-0.2, -0.15) is 0 Å². The van der Waals surface area contributed by atoms with Crippen LogP contribution in [0.3, 0.4) is 0 Å². The van der Waals surface area contributed by atoms with Crippen molar-refractivity contribution in [2.24, 2.45) is 0 Å². The Labute approximate surface area is 144 Å². The number of nitrogens with zero attached hydrogens (tertiary/aromatic N) is 3. The van der Waals surface area contributed by atoms with Gasteiger partial charge < -0.3 is 14.8 Å². The lowest BCUT2D eigenvalue weighted by atomic mass is 10.1. The molecular formula is C19H18N4O2. The van der Waals surface area contributed by atoms with Crippen molar-refractivity contribution >= 4 is 22.6 Å². The molecule has 6 heteroatoms. The minimum absolute atomic E-state index is 0.0945. The van der Waals surface area contributed by atoms with Gasteiger partial charge in [-0.25, -0.2) is 4.98 Å². The van der Waals surface area contributed by atoms with E-state index in [9.17, 15) is 9.59 Å². The fourth-order valence-corrected chi connectivity index (χ4v) is 3.23. The second kappa shape index (κ2) is 6.39. The van der Waals surface area contributed by atoms with Crippen molar-refractivity contribution in [3.05, 3.63) is 70.6 Å². The minimum atomic E-state index is -0.255. The molecule has 1 fully saturated rings. The van der Waals surface area contributed by atoms with Gasteiger partial charge in [-0.3, -0.25) is 9.59 Å². The highest BCUT2D eigenvalue weighted by Crippen LogP contribution is 2.19. The summed E-state index contributed by atoms with van der Waals surface area (Å²) in [6, 6.07) is 14.6. The molecular weight excluding hydrogens is 316 g/mol. The van der Waals surface area contributed by atoms with Crippen molar-refractivity contribution in [1.82, 2.24) is 14.9 Å². The van der Waals surface area contributed by atoms with E-state index < -0.39 is 0 Å². The first-order valence-corrected chi connectivity index (χ1v) is 8.30. The van der Waals surface area contributed by atoms with E-state index in [-0.39, 0.29) is 11.5 Å². The Kier molecular flexibility index (Phi) is 3.93. The third kappa shape index (κ3) is 2.98. The van der Waals surface area contributed by atoms with E-state index >= 15 is 0 Å². The van der Waals surface area contributed by atoms with Gasteiger partial charge in [0.05, 0.1) is 5.56 Å². The van der Waals surface area contributed by atoms with Crippen LogP contribution in [0.25, 0.3) is 10.9 Å². The van der Waals surface area contributed by atoms with Gasteiger partial charge in [0.2, 0.25) is 5.56 Å². The number of para-hydroxylation sites is 1. The van der Waals surface area contributed by atoms with Crippen LogP contribution in [0, 0.1) is 0 Å². The zero-order valence-electron chi connectivity index (χ0n) is 13.7. The highest BCUT2D eigenvalue weighted by atomic mass is 16.2. The maximum absolute atomic E-state index is 12.9. The number of aromatic nitrogens is 2. The summed E-state index contributed by atoms with van der Waals surface area (Å²) in [7, 11) is 0. The molecule has 3 aromatic rings. The molecule has 4 rings (SSSR count). The number of aromatic amines is 1. The topological polar surface area (TPSA) is 69.3 Å². The molecule has 3 heterocycles. The van der Waals surface area contributed by atoms with E-state index in [1.165, 1.54) is 6.07 Å². The van der Waals surface area contributed by atoms with Crippen LogP contribution < -0.4 is 10.5 Å². The molecule has 1 amide bonds. The predicted octanol–water partition coefficient (Wildman–Crippen LogP) is 1.89. The summed E-state index contributed by atoms with van der Waals surface area (Å²) in [6.45, 7) is 2.67. The number of nitrogens with one attached hydrogen (secondary N) is 1. The maximum atomic E-state index is 12.9. The second-order valence-electron chi connectivity index (χ2n) is 6.06. The molecule has 0 spiro atoms. The first-order valence-electron chi connectivity index (χ1n) is 8.30. The Bertz CT molecular complexity index is 960. The van der Waals surface area contributed by atoms with Crippen molar-refractivity contribution in [3.63, 3.8) is 0 Å². The summed E-state index contributed by atoms with van der Waals surface area (Å²) in [5, 5.41) is 0.777. The standard InChI is InChI=1S/C19H18N4O2/c24-18-13-15(14-5-1-2-6-16(14)21-18)19(25)23-11-9-22(10-12-23)17-7-3-4-8-20-17/h1-8,13H,9-12H2,(H,21,24). The second-order valence-corrected chi connectivity index (χ2v) is 6.06. The number of anilines is 1. The fourth-order valence-electron chi connectivity index (χ4n) is 3.23. The zero-order valence-corrected chi connectivity index (χ0v) is 13.7.